The number of nitrogens with zero attached hydrogens (tertiary/aromatic N) is 6. The molecular weight excluding hydrogens is 1010 g/mol. The second kappa shape index (κ2) is 29.1. The molecule has 30 heteroatoms. The zero-order chi connectivity index (χ0) is 48.8. The monoisotopic (exact) mass is 1030 g/mol. The van der Waals surface area contributed by atoms with Crippen LogP contribution in [-0.2, 0) is 68.4 Å². The average Bonchev–Trinajstić information content (AvgIpc) is 3.17. The first kappa shape index (κ1) is 64.2. The number of carboxylic acid groups (broad SMARTS) is 4. The first-order valence-electron chi connectivity index (χ1n) is 15.4. The molecule has 0 bridgehead atoms. The third-order valence-corrected chi connectivity index (χ3v) is 5.61. The maximum absolute atomic E-state index is 12.1. The maximum atomic E-state index is 12.1. The van der Waals surface area contributed by atoms with Crippen LogP contribution in [0.1, 0.15) is 64.2 Å². The van der Waals surface area contributed by atoms with Crippen molar-refractivity contribution in [3.8, 4) is 0 Å². The molecule has 4 rings (SSSR count). The summed E-state index contributed by atoms with van der Waals surface area (Å²) in [6.45, 7) is 0. The van der Waals surface area contributed by atoms with Crippen LogP contribution in [0.3, 0.4) is 0 Å². The van der Waals surface area contributed by atoms with E-state index in [4.69, 9.17) is 0 Å². The van der Waals surface area contributed by atoms with Gasteiger partial charge in [-0.05, 0) is 48.5 Å². The summed E-state index contributed by atoms with van der Waals surface area (Å²) in [5.41, 5.74) is -9.54. The summed E-state index contributed by atoms with van der Waals surface area (Å²) >= 11 is 0. The Morgan fingerprint density at radius 2 is 0.562 bits per heavy atom. The molecule has 0 saturated heterocycles. The molecule has 4 heterocycles. The number of aromatic carboxylic acids is 4. The normalized spacial score (nSPS) is 10.2. The van der Waals surface area contributed by atoms with Gasteiger partial charge in [-0.25, -0.2) is 0 Å². The molecule has 0 aliphatic carbocycles. The summed E-state index contributed by atoms with van der Waals surface area (Å²) in [7, 11) is 6.75. The van der Waals surface area contributed by atoms with E-state index >= 15 is 0 Å². The number of amides is 2. The van der Waals surface area contributed by atoms with Crippen molar-refractivity contribution in [2.45, 2.75) is 24.7 Å². The van der Waals surface area contributed by atoms with Crippen LogP contribution in [0.2, 0.25) is 0 Å². The van der Waals surface area contributed by atoms with Gasteiger partial charge in [0, 0.05) is 75.2 Å². The minimum absolute atomic E-state index is 0. The first-order chi connectivity index (χ1) is 28.2. The quantitative estimate of drug-likeness (QED) is 0.150. The Labute approximate surface area is 372 Å². The predicted octanol–water partition coefficient (Wildman–Crippen LogP) is 1.26. The Hall–Kier alpha value is -6.38. The fourth-order valence-electron chi connectivity index (χ4n) is 3.18. The van der Waals surface area contributed by atoms with Gasteiger partial charge in [0.2, 0.25) is 12.8 Å². The van der Waals surface area contributed by atoms with Gasteiger partial charge in [-0.1, -0.05) is 0 Å². The van der Waals surface area contributed by atoms with Crippen LogP contribution in [-0.4, -0.2) is 94.6 Å². The van der Waals surface area contributed by atoms with Gasteiger partial charge in [0.1, 0.15) is 0 Å². The molecule has 358 valence electrons. The van der Waals surface area contributed by atoms with E-state index in [1.165, 1.54) is 9.80 Å². The predicted molar refractivity (Wildman–Crippen MR) is 174 cm³/mol. The van der Waals surface area contributed by atoms with Crippen molar-refractivity contribution in [2.75, 3.05) is 28.2 Å². The number of alkyl halides is 12. The Morgan fingerprint density at radius 1 is 0.422 bits per heavy atom. The van der Waals surface area contributed by atoms with Crippen molar-refractivity contribution in [1.82, 2.24) is 29.7 Å². The van der Waals surface area contributed by atoms with Crippen LogP contribution in [0.25, 0.3) is 0 Å². The van der Waals surface area contributed by atoms with Gasteiger partial charge >= 0.3 is 58.8 Å². The number of carboxylic acids is 4. The zero-order valence-corrected chi connectivity index (χ0v) is 33.9. The number of hydrogen-bond acceptors (Lipinski definition) is 14. The van der Waals surface area contributed by atoms with Crippen molar-refractivity contribution < 1.29 is 136 Å². The van der Waals surface area contributed by atoms with Gasteiger partial charge < -0.3 is 49.4 Å². The molecule has 0 aliphatic heterocycles. The number of aromatic nitrogens is 4. The fraction of sp³-hybridized carbons (Fsp3) is 0.235. The first-order valence-corrected chi connectivity index (χ1v) is 15.4. The Morgan fingerprint density at radius 3 is 0.641 bits per heavy atom. The SMILES string of the molecule is CN(C)C=O.CN(C)C=O.O=C([O-])c1cccnc1C(F)(F)F.O=C([O-])c1cccnc1C(F)(F)F.O=C([O-])c1cccnc1C(F)(F)F.O=C([O-])c1cccnc1C(F)(F)F.[Cu+2].[Cu+2]. The fourth-order valence-corrected chi connectivity index (χ4v) is 3.18. The molecule has 0 saturated carbocycles. The van der Waals surface area contributed by atoms with E-state index in [0.717, 1.165) is 86.1 Å². The number of pyridine rings is 4. The van der Waals surface area contributed by atoms with Crippen LogP contribution >= 0.6 is 0 Å². The minimum atomic E-state index is -4.77. The molecule has 2 radical (unpaired) electrons. The minimum Gasteiger partial charge on any atom is -0.545 e. The average molecular weight is 1030 g/mol. The van der Waals surface area contributed by atoms with E-state index in [1.807, 2.05) is 0 Å². The van der Waals surface area contributed by atoms with Gasteiger partial charge in [-0.3, -0.25) is 29.5 Å². The van der Waals surface area contributed by atoms with Crippen LogP contribution in [0.4, 0.5) is 52.7 Å². The van der Waals surface area contributed by atoms with Crippen LogP contribution in [0.15, 0.2) is 73.3 Å². The number of halogens is 12. The van der Waals surface area contributed by atoms with Crippen molar-refractivity contribution in [3.05, 3.63) is 118 Å². The molecule has 4 aromatic rings. The van der Waals surface area contributed by atoms with E-state index in [9.17, 15) is 102 Å². The molecule has 0 N–H and O–H groups in total. The Bertz CT molecular complexity index is 1830. The van der Waals surface area contributed by atoms with Gasteiger partial charge in [0.25, 0.3) is 0 Å². The molecule has 0 fully saturated rings. The van der Waals surface area contributed by atoms with Gasteiger partial charge in [0.05, 0.1) is 23.9 Å². The molecule has 64 heavy (non-hydrogen) atoms. The summed E-state index contributed by atoms with van der Waals surface area (Å²) in [5.74, 6) is -7.55. The summed E-state index contributed by atoms with van der Waals surface area (Å²) in [6, 6.07) is 7.58. The Balaban J connectivity index is -0.000000347. The van der Waals surface area contributed by atoms with Gasteiger partial charge in [-0.2, -0.15) is 52.7 Å². The summed E-state index contributed by atoms with van der Waals surface area (Å²) < 4.78 is 145. The van der Waals surface area contributed by atoms with E-state index < -0.39 is 93.6 Å². The third kappa shape index (κ3) is 24.9. The van der Waals surface area contributed by atoms with Crippen molar-refractivity contribution in [2.24, 2.45) is 0 Å². The largest absolute Gasteiger partial charge is 2.00 e. The summed E-state index contributed by atoms with van der Waals surface area (Å²) in [6.07, 6.45) is -14.1. The van der Waals surface area contributed by atoms with Crippen LogP contribution in [0, 0.1) is 0 Å². The molecule has 0 aliphatic rings. The van der Waals surface area contributed by atoms with Crippen molar-refractivity contribution in [3.63, 3.8) is 0 Å². The van der Waals surface area contributed by atoms with Crippen LogP contribution < -0.4 is 20.4 Å². The van der Waals surface area contributed by atoms with Crippen LogP contribution in [0.5, 0.6) is 0 Å². The van der Waals surface area contributed by atoms with E-state index in [-0.39, 0.29) is 34.1 Å². The molecule has 4 aromatic heterocycles. The second-order valence-electron chi connectivity index (χ2n) is 10.9. The standard InChI is InChI=1S/4C7H4F3NO2.2C3H7NO.2Cu/c4*8-7(9,10)5-4(6(12)13)2-1-3-11-5;2*1-4(2)3-5;;/h4*1-3H,(H,12,13);2*3H,1-2H3;;/q;;;;;;2*+2/p-4. The molecule has 0 unspecified atom stereocenters. The number of rotatable bonds is 6. The summed E-state index contributed by atoms with van der Waals surface area (Å²) in [5, 5.41) is 40.9. The zero-order valence-electron chi connectivity index (χ0n) is 32.0. The number of carbonyl (C=O) groups excluding carboxylic acids is 6. The molecule has 2 amide bonds. The molecule has 16 nitrogen and oxygen atoms in total. The van der Waals surface area contributed by atoms with Crippen molar-refractivity contribution in [1.29, 1.82) is 0 Å². The van der Waals surface area contributed by atoms with Gasteiger partial charge in [0.15, 0.2) is 22.8 Å². The van der Waals surface area contributed by atoms with E-state index in [1.54, 1.807) is 28.2 Å². The van der Waals surface area contributed by atoms with E-state index in [2.05, 4.69) is 19.9 Å². The number of hydrogen-bond donors (Lipinski definition) is 0. The van der Waals surface area contributed by atoms with E-state index in [0.29, 0.717) is 0 Å². The summed E-state index contributed by atoms with van der Waals surface area (Å²) in [4.78, 5) is 74.3. The smallest absolute Gasteiger partial charge is 0.545 e. The molecule has 0 aromatic carbocycles. The van der Waals surface area contributed by atoms with Gasteiger partial charge in [-0.15, -0.1) is 0 Å². The van der Waals surface area contributed by atoms with Crippen molar-refractivity contribution >= 4 is 36.7 Å². The Kier molecular flexibility index (Phi) is 29.2. The molecular formula is C34H26Cu2F12N6O10. The molecule has 0 spiro atoms. The number of carbonyl (C=O) groups is 6. The topological polar surface area (TPSA) is 253 Å². The third-order valence-electron chi connectivity index (χ3n) is 5.61. The second-order valence-corrected chi connectivity index (χ2v) is 10.9. The molecule has 0 atom stereocenters. The maximum Gasteiger partial charge on any atom is 2.00 e.